The summed E-state index contributed by atoms with van der Waals surface area (Å²) in [7, 11) is 0. The summed E-state index contributed by atoms with van der Waals surface area (Å²) >= 11 is 0. The summed E-state index contributed by atoms with van der Waals surface area (Å²) in [6, 6.07) is 0. The van der Waals surface area contributed by atoms with Crippen molar-refractivity contribution in [2.24, 2.45) is 45.3 Å². The lowest BCUT2D eigenvalue weighted by molar-refractivity contribution is -0.149. The van der Waals surface area contributed by atoms with Crippen molar-refractivity contribution in [2.45, 2.75) is 118 Å². The van der Waals surface area contributed by atoms with E-state index in [9.17, 15) is 20.1 Å². The molecule has 2 fully saturated rings. The van der Waals surface area contributed by atoms with Crippen molar-refractivity contribution in [3.05, 3.63) is 23.3 Å². The second-order valence-electron chi connectivity index (χ2n) is 14.2. The minimum atomic E-state index is -0.769. The molecule has 2 saturated carbocycles. The maximum atomic E-state index is 12.6. The third-order valence-corrected chi connectivity index (χ3v) is 12.1. The van der Waals surface area contributed by atoms with E-state index in [4.69, 9.17) is 0 Å². The van der Waals surface area contributed by atoms with Gasteiger partial charge < -0.3 is 15.3 Å². The molecular weight excluding hydrogens is 436 g/mol. The number of rotatable bonds is 6. The van der Waals surface area contributed by atoms with E-state index in [0.29, 0.717) is 31.1 Å². The molecule has 0 aromatic carbocycles. The Kier molecular flexibility index (Phi) is 6.71. The summed E-state index contributed by atoms with van der Waals surface area (Å²) in [6.45, 7) is 20.0. The third-order valence-electron chi connectivity index (χ3n) is 12.1. The van der Waals surface area contributed by atoms with Gasteiger partial charge >= 0.3 is 5.97 Å². The van der Waals surface area contributed by atoms with E-state index in [1.54, 1.807) is 5.57 Å². The number of aliphatic hydroxyl groups excluding tert-OH is 2. The number of hydrogen-bond donors (Lipinski definition) is 3. The van der Waals surface area contributed by atoms with Gasteiger partial charge in [-0.15, -0.1) is 0 Å². The van der Waals surface area contributed by atoms with Crippen molar-refractivity contribution in [3.8, 4) is 0 Å². The standard InChI is InChI=1S/C31H50O4/c1-18(2)19(3)9-10-20(27(34)35)26-23(32)17-31(8)22-11-12-24-28(4,5)25(33)14-15-29(24,6)21(22)13-16-30(26,31)7/h18,20,23-26,32-33H,3,9-17H2,1-2,4-8H3,(H,34,35)/t20?,23-,24+,25?,26+,29-,30-,31+/m1/s1. The van der Waals surface area contributed by atoms with Crippen LogP contribution < -0.4 is 0 Å². The van der Waals surface area contributed by atoms with Gasteiger partial charge in [-0.2, -0.15) is 0 Å². The van der Waals surface area contributed by atoms with Crippen molar-refractivity contribution >= 4 is 5.97 Å². The van der Waals surface area contributed by atoms with Gasteiger partial charge in [-0.3, -0.25) is 4.79 Å². The molecule has 4 aliphatic carbocycles. The largest absolute Gasteiger partial charge is 0.481 e. The first-order valence-corrected chi connectivity index (χ1v) is 14.1. The molecule has 0 bridgehead atoms. The Bertz CT molecular complexity index is 915. The molecule has 8 atom stereocenters. The van der Waals surface area contributed by atoms with Crippen LogP contribution in [0, 0.1) is 45.3 Å². The van der Waals surface area contributed by atoms with Crippen LogP contribution >= 0.6 is 0 Å². The van der Waals surface area contributed by atoms with E-state index in [-0.39, 0.29) is 33.7 Å². The maximum Gasteiger partial charge on any atom is 0.306 e. The summed E-state index contributed by atoms with van der Waals surface area (Å²) in [5.74, 6) is -0.759. The predicted molar refractivity (Wildman–Crippen MR) is 141 cm³/mol. The zero-order chi connectivity index (χ0) is 26.1. The Morgan fingerprint density at radius 3 is 2.29 bits per heavy atom. The first-order chi connectivity index (χ1) is 16.1. The summed E-state index contributed by atoms with van der Waals surface area (Å²) in [4.78, 5) is 12.6. The Balaban J connectivity index is 1.71. The Morgan fingerprint density at radius 1 is 1.03 bits per heavy atom. The number of carboxylic acid groups (broad SMARTS) is 1. The van der Waals surface area contributed by atoms with Crippen LogP contribution in [0.4, 0.5) is 0 Å². The lowest BCUT2D eigenvalue weighted by Crippen LogP contribution is -2.55. The lowest BCUT2D eigenvalue weighted by Gasteiger charge is -2.62. The fourth-order valence-electron chi connectivity index (χ4n) is 9.58. The molecule has 0 radical (unpaired) electrons. The van der Waals surface area contributed by atoms with Crippen LogP contribution in [0.25, 0.3) is 0 Å². The number of fused-ring (bicyclic) bond motifs is 4. The molecule has 0 aromatic heterocycles. The molecule has 0 spiro atoms. The highest BCUT2D eigenvalue weighted by molar-refractivity contribution is 5.71. The van der Waals surface area contributed by atoms with Crippen LogP contribution in [-0.4, -0.2) is 33.5 Å². The van der Waals surface area contributed by atoms with Crippen LogP contribution in [0.1, 0.15) is 106 Å². The molecule has 198 valence electrons. The van der Waals surface area contributed by atoms with Gasteiger partial charge in [0.25, 0.3) is 0 Å². The SMILES string of the molecule is C=C(CCC(C(=O)O)[C@H]1[C@H](O)C[C@@]2(C)C3=C(CC[C@]12C)[C@@]1(C)CCC(O)C(C)(C)[C@@H]1CC3)C(C)C. The van der Waals surface area contributed by atoms with Crippen LogP contribution in [0.5, 0.6) is 0 Å². The smallest absolute Gasteiger partial charge is 0.306 e. The number of aliphatic carboxylic acids is 1. The van der Waals surface area contributed by atoms with Gasteiger partial charge in [0.05, 0.1) is 18.1 Å². The minimum Gasteiger partial charge on any atom is -0.481 e. The summed E-state index contributed by atoms with van der Waals surface area (Å²) in [5.41, 5.74) is 3.78. The third kappa shape index (κ3) is 3.79. The van der Waals surface area contributed by atoms with E-state index in [1.807, 2.05) is 0 Å². The van der Waals surface area contributed by atoms with Gasteiger partial charge in [-0.05, 0) is 91.3 Å². The van der Waals surface area contributed by atoms with E-state index in [0.717, 1.165) is 44.1 Å². The highest BCUT2D eigenvalue weighted by Gasteiger charge is 2.66. The Labute approximate surface area is 213 Å². The van der Waals surface area contributed by atoms with E-state index in [1.165, 1.54) is 5.57 Å². The Morgan fingerprint density at radius 2 is 1.69 bits per heavy atom. The molecular formula is C31H50O4. The minimum absolute atomic E-state index is 0.0882. The van der Waals surface area contributed by atoms with Crippen molar-refractivity contribution in [1.82, 2.24) is 0 Å². The van der Waals surface area contributed by atoms with Crippen molar-refractivity contribution in [3.63, 3.8) is 0 Å². The average molecular weight is 487 g/mol. The van der Waals surface area contributed by atoms with Crippen molar-refractivity contribution in [1.29, 1.82) is 0 Å². The molecule has 4 rings (SSSR count). The quantitative estimate of drug-likeness (QED) is 0.362. The van der Waals surface area contributed by atoms with Gasteiger partial charge in [0.2, 0.25) is 0 Å². The molecule has 0 aliphatic heterocycles. The highest BCUT2D eigenvalue weighted by Crippen LogP contribution is 2.72. The monoisotopic (exact) mass is 486 g/mol. The Hall–Kier alpha value is -1.13. The zero-order valence-corrected chi connectivity index (χ0v) is 23.3. The van der Waals surface area contributed by atoms with Crippen molar-refractivity contribution < 1.29 is 20.1 Å². The normalized spacial score (nSPS) is 43.4. The second-order valence-corrected chi connectivity index (χ2v) is 14.2. The molecule has 0 amide bonds. The lowest BCUT2D eigenvalue weighted by atomic mass is 9.43. The summed E-state index contributed by atoms with van der Waals surface area (Å²) in [5, 5.41) is 32.7. The average Bonchev–Trinajstić information content (AvgIpc) is 2.97. The van der Waals surface area contributed by atoms with Crippen LogP contribution in [-0.2, 0) is 4.79 Å². The fourth-order valence-corrected chi connectivity index (χ4v) is 9.58. The predicted octanol–water partition coefficient (Wildman–Crippen LogP) is 6.76. The number of aliphatic hydroxyl groups is 2. The number of hydrogen-bond acceptors (Lipinski definition) is 3. The molecule has 0 aromatic rings. The van der Waals surface area contributed by atoms with Gasteiger partial charge in [0, 0.05) is 5.92 Å². The van der Waals surface area contributed by atoms with Crippen molar-refractivity contribution in [2.75, 3.05) is 0 Å². The van der Waals surface area contributed by atoms with Gasteiger partial charge in [0.1, 0.15) is 0 Å². The topological polar surface area (TPSA) is 77.8 Å². The van der Waals surface area contributed by atoms with Crippen LogP contribution in [0.3, 0.4) is 0 Å². The maximum absolute atomic E-state index is 12.6. The van der Waals surface area contributed by atoms with Gasteiger partial charge in [-0.25, -0.2) is 0 Å². The van der Waals surface area contributed by atoms with Crippen LogP contribution in [0.15, 0.2) is 23.3 Å². The zero-order valence-electron chi connectivity index (χ0n) is 23.3. The van der Waals surface area contributed by atoms with E-state index >= 15 is 0 Å². The second kappa shape index (κ2) is 8.72. The van der Waals surface area contributed by atoms with E-state index < -0.39 is 18.0 Å². The molecule has 4 heteroatoms. The molecule has 2 unspecified atom stereocenters. The van der Waals surface area contributed by atoms with Gasteiger partial charge in [0.15, 0.2) is 0 Å². The molecule has 35 heavy (non-hydrogen) atoms. The first-order valence-electron chi connectivity index (χ1n) is 14.1. The highest BCUT2D eigenvalue weighted by atomic mass is 16.4. The molecule has 0 saturated heterocycles. The molecule has 4 nitrogen and oxygen atoms in total. The number of carboxylic acids is 1. The summed E-state index contributed by atoms with van der Waals surface area (Å²) in [6.07, 6.45) is 6.95. The van der Waals surface area contributed by atoms with Crippen LogP contribution in [0.2, 0.25) is 0 Å². The number of allylic oxidation sites excluding steroid dienone is 3. The van der Waals surface area contributed by atoms with E-state index in [2.05, 4.69) is 55.0 Å². The molecule has 4 aliphatic rings. The summed E-state index contributed by atoms with van der Waals surface area (Å²) < 4.78 is 0. The van der Waals surface area contributed by atoms with Gasteiger partial charge in [-0.1, -0.05) is 71.8 Å². The molecule has 3 N–H and O–H groups in total. The fraction of sp³-hybridized carbons (Fsp3) is 0.839. The number of carbonyl (C=O) groups is 1. The first kappa shape index (κ1) is 26.9. The molecule has 0 heterocycles.